The summed E-state index contributed by atoms with van der Waals surface area (Å²) in [6.07, 6.45) is 9.14. The Morgan fingerprint density at radius 3 is 2.49 bits per heavy atom. The lowest BCUT2D eigenvalue weighted by molar-refractivity contribution is -0.122. The molecule has 1 saturated heterocycles. The molecular weight excluding hydrogens is 647 g/mol. The van der Waals surface area contributed by atoms with Crippen molar-refractivity contribution in [2.75, 3.05) is 40.1 Å². The number of carbonyl (C=O) groups is 1. The lowest BCUT2D eigenvalue weighted by Crippen LogP contribution is -2.51. The fraction of sp³-hybridized carbons (Fsp3) is 0.474. The molecule has 8 nitrogen and oxygen atoms in total. The molecule has 1 aliphatic rings. The zero-order chi connectivity index (χ0) is 35.4. The van der Waals surface area contributed by atoms with Gasteiger partial charge in [-0.2, -0.15) is 0 Å². The molecule has 1 aliphatic heterocycles. The lowest BCUT2D eigenvalue weighted by atomic mass is 9.94. The van der Waals surface area contributed by atoms with Crippen LogP contribution in [0.25, 0.3) is 11.8 Å². The van der Waals surface area contributed by atoms with Crippen molar-refractivity contribution in [1.29, 1.82) is 0 Å². The Kier molecular flexibility index (Phi) is 14.4. The Balaban J connectivity index is 1.42. The third-order valence-electron chi connectivity index (χ3n) is 8.76. The largest absolute Gasteiger partial charge is 0.494 e. The number of aliphatic hydroxyl groups is 1. The Hall–Kier alpha value is -3.51. The van der Waals surface area contributed by atoms with E-state index in [1.807, 2.05) is 39.0 Å². The molecule has 0 bridgehead atoms. The first-order valence-electron chi connectivity index (χ1n) is 17.1. The number of carbonyl (C=O) groups excluding carboxylic acids is 1. The van der Waals surface area contributed by atoms with Crippen LogP contribution in [0.5, 0.6) is 5.75 Å². The Labute approximate surface area is 293 Å². The number of unbranched alkanes of at least 4 members (excludes halogenated alkanes) is 4. The molecule has 1 atom stereocenters. The predicted molar refractivity (Wildman–Crippen MR) is 194 cm³/mol. The van der Waals surface area contributed by atoms with Gasteiger partial charge in [0.05, 0.1) is 43.6 Å². The summed E-state index contributed by atoms with van der Waals surface area (Å²) in [5, 5.41) is 14.3. The normalized spacial score (nSPS) is 16.2. The van der Waals surface area contributed by atoms with E-state index >= 15 is 0 Å². The van der Waals surface area contributed by atoms with Crippen LogP contribution in [-0.4, -0.2) is 71.3 Å². The van der Waals surface area contributed by atoms with Gasteiger partial charge in [-0.1, -0.05) is 44.7 Å². The van der Waals surface area contributed by atoms with Crippen LogP contribution < -0.4 is 10.1 Å². The lowest BCUT2D eigenvalue weighted by Gasteiger charge is -2.31. The second-order valence-electron chi connectivity index (χ2n) is 12.7. The number of amides is 1. The van der Waals surface area contributed by atoms with Crippen LogP contribution in [0, 0.1) is 25.5 Å². The molecule has 0 saturated carbocycles. The SMILES string of the molecule is CCCCCCCOc1ccc(CC[C@](C)(CO)NCN2C(=O)/C(=C/c3cc(C)n(-c4ccc(F)cc4F)c3C)S/C2=N\CCOC)cc1. The minimum absolute atomic E-state index is 0.119. The van der Waals surface area contributed by atoms with E-state index < -0.39 is 17.2 Å². The molecule has 266 valence electrons. The van der Waals surface area contributed by atoms with Crippen LogP contribution >= 0.6 is 11.8 Å². The third kappa shape index (κ3) is 10.5. The van der Waals surface area contributed by atoms with E-state index in [0.717, 1.165) is 48.1 Å². The maximum Gasteiger partial charge on any atom is 0.267 e. The molecule has 11 heteroatoms. The maximum absolute atomic E-state index is 14.7. The highest BCUT2D eigenvalue weighted by Crippen LogP contribution is 2.34. The van der Waals surface area contributed by atoms with E-state index in [1.165, 1.54) is 49.6 Å². The van der Waals surface area contributed by atoms with Crippen LogP contribution in [0.1, 0.15) is 74.9 Å². The third-order valence-corrected chi connectivity index (χ3v) is 9.80. The van der Waals surface area contributed by atoms with Crippen molar-refractivity contribution in [2.24, 2.45) is 4.99 Å². The highest BCUT2D eigenvalue weighted by Gasteiger charge is 2.35. The van der Waals surface area contributed by atoms with Gasteiger partial charge >= 0.3 is 0 Å². The number of nitrogens with one attached hydrogen (secondary N) is 1. The van der Waals surface area contributed by atoms with E-state index in [9.17, 15) is 18.7 Å². The summed E-state index contributed by atoms with van der Waals surface area (Å²) in [7, 11) is 1.60. The summed E-state index contributed by atoms with van der Waals surface area (Å²) in [5.74, 6) is -0.680. The van der Waals surface area contributed by atoms with Gasteiger partial charge in [-0.15, -0.1) is 0 Å². The minimum Gasteiger partial charge on any atom is -0.494 e. The molecule has 0 aliphatic carbocycles. The zero-order valence-electron chi connectivity index (χ0n) is 29.4. The number of hydrogen-bond donors (Lipinski definition) is 2. The molecule has 2 heterocycles. The van der Waals surface area contributed by atoms with Gasteiger partial charge in [0.1, 0.15) is 17.4 Å². The van der Waals surface area contributed by atoms with Crippen molar-refractivity contribution in [3.8, 4) is 11.4 Å². The molecule has 4 rings (SSSR count). The monoisotopic (exact) mass is 696 g/mol. The van der Waals surface area contributed by atoms with Crippen LogP contribution in [0.2, 0.25) is 0 Å². The quantitative estimate of drug-likeness (QED) is 0.0994. The molecule has 0 unspecified atom stereocenters. The van der Waals surface area contributed by atoms with Crippen molar-refractivity contribution in [3.05, 3.63) is 87.6 Å². The van der Waals surface area contributed by atoms with Crippen LogP contribution in [0.15, 0.2) is 58.4 Å². The molecule has 0 spiro atoms. The van der Waals surface area contributed by atoms with Crippen LogP contribution in [0.4, 0.5) is 8.78 Å². The average molecular weight is 697 g/mol. The summed E-state index contributed by atoms with van der Waals surface area (Å²) in [6.45, 7) is 9.36. The van der Waals surface area contributed by atoms with E-state index in [4.69, 9.17) is 9.47 Å². The van der Waals surface area contributed by atoms with E-state index in [2.05, 4.69) is 29.4 Å². The fourth-order valence-electron chi connectivity index (χ4n) is 5.67. The van der Waals surface area contributed by atoms with Gasteiger partial charge in [0.25, 0.3) is 5.91 Å². The number of aromatic nitrogens is 1. The average Bonchev–Trinajstić information content (AvgIpc) is 3.54. The van der Waals surface area contributed by atoms with Crippen molar-refractivity contribution in [1.82, 2.24) is 14.8 Å². The van der Waals surface area contributed by atoms with Gasteiger partial charge < -0.3 is 19.1 Å². The predicted octanol–water partition coefficient (Wildman–Crippen LogP) is 7.57. The van der Waals surface area contributed by atoms with Crippen molar-refractivity contribution >= 4 is 28.9 Å². The first kappa shape index (κ1) is 38.3. The minimum atomic E-state index is -0.668. The number of nitrogens with zero attached hydrogens (tertiary/aromatic N) is 3. The van der Waals surface area contributed by atoms with E-state index in [1.54, 1.807) is 22.7 Å². The number of methoxy groups -OCH3 is 1. The molecule has 2 N–H and O–H groups in total. The standard InChI is InChI=1S/C38H50F2N4O4S/c1-6-7-8-9-10-20-48-32-14-11-29(12-15-32)17-18-38(4,25-45)42-26-43-36(46)35(49-37(43)41-19-21-47-5)23-30-22-27(2)44(28(30)3)34-16-13-31(39)24-33(34)40/h11-16,22-24,42,45H,6-10,17-21,25-26H2,1-5H3/b35-23-,41-37-/t38-/m1/s1. The van der Waals surface area contributed by atoms with Crippen molar-refractivity contribution < 1.29 is 28.2 Å². The number of aryl methyl sites for hydroxylation is 2. The first-order valence-corrected chi connectivity index (χ1v) is 17.9. The molecule has 0 radical (unpaired) electrons. The highest BCUT2D eigenvalue weighted by atomic mass is 32.2. The van der Waals surface area contributed by atoms with Crippen LogP contribution in [0.3, 0.4) is 0 Å². The Morgan fingerprint density at radius 2 is 1.80 bits per heavy atom. The Bertz CT molecular complexity index is 1610. The topological polar surface area (TPSA) is 88.3 Å². The smallest absolute Gasteiger partial charge is 0.267 e. The summed E-state index contributed by atoms with van der Waals surface area (Å²) >= 11 is 1.26. The van der Waals surface area contributed by atoms with Gasteiger partial charge in [-0.3, -0.25) is 20.0 Å². The molecular formula is C38H50F2N4O4S. The summed E-state index contributed by atoms with van der Waals surface area (Å²) in [5.41, 5.74) is 2.92. The van der Waals surface area contributed by atoms with Crippen LogP contribution in [-0.2, 0) is 16.0 Å². The van der Waals surface area contributed by atoms with Gasteiger partial charge in [0, 0.05) is 30.1 Å². The molecule has 49 heavy (non-hydrogen) atoms. The second kappa shape index (κ2) is 18.5. The molecule has 1 aromatic heterocycles. The number of rotatable bonds is 19. The first-order chi connectivity index (χ1) is 23.6. The molecule has 1 fully saturated rings. The number of aliphatic hydroxyl groups excluding tert-OH is 1. The number of ether oxygens (including phenoxy) is 2. The number of amidine groups is 1. The maximum atomic E-state index is 14.7. The van der Waals surface area contributed by atoms with Gasteiger partial charge in [0.2, 0.25) is 0 Å². The summed E-state index contributed by atoms with van der Waals surface area (Å²) < 4.78 is 41.1. The van der Waals surface area contributed by atoms with Gasteiger partial charge in [0.15, 0.2) is 5.17 Å². The second-order valence-corrected chi connectivity index (χ2v) is 13.7. The molecule has 3 aromatic rings. The highest BCUT2D eigenvalue weighted by molar-refractivity contribution is 8.18. The number of thioether (sulfide) groups is 1. The number of benzene rings is 2. The van der Waals surface area contributed by atoms with Gasteiger partial charge in [-0.05, 0) is 99.3 Å². The summed E-state index contributed by atoms with van der Waals surface area (Å²) in [4.78, 5) is 20.4. The Morgan fingerprint density at radius 1 is 1.04 bits per heavy atom. The fourth-order valence-corrected chi connectivity index (χ4v) is 6.66. The number of aliphatic imine (C=N–C) groups is 1. The number of halogens is 2. The van der Waals surface area contributed by atoms with Gasteiger partial charge in [-0.25, -0.2) is 8.78 Å². The van der Waals surface area contributed by atoms with Crippen molar-refractivity contribution in [2.45, 2.75) is 78.2 Å². The number of hydrogen-bond acceptors (Lipinski definition) is 7. The van der Waals surface area contributed by atoms with E-state index in [-0.39, 0.29) is 24.9 Å². The molecule has 2 aromatic carbocycles. The molecule has 1 amide bonds. The van der Waals surface area contributed by atoms with E-state index in [0.29, 0.717) is 35.3 Å². The zero-order valence-corrected chi connectivity index (χ0v) is 30.2. The van der Waals surface area contributed by atoms with Crippen molar-refractivity contribution in [3.63, 3.8) is 0 Å². The summed E-state index contributed by atoms with van der Waals surface area (Å²) in [6, 6.07) is 13.5.